The van der Waals surface area contributed by atoms with E-state index in [-0.39, 0.29) is 25.7 Å². The SMILES string of the molecule is CC/C=C\C/C=C\C/C=C\C/C=C\C/C=C\CCCC(=O)OCC(COP(=O)(O)OCC(O)COP(=O)(O)OCC(COC(=O)CCCCCCCC/C=C\C/C=C\C/C=C\CCCCC)OC(=O)CCCCCCCCCCCCCCCCC)OC(=O)C/C=C\C/C=C\C/C=C\C/C=C\C/C=C\CC. The Morgan fingerprint density at radius 1 is 0.283 bits per heavy atom. The Balaban J connectivity index is 5.48. The van der Waals surface area contributed by atoms with Crippen molar-refractivity contribution in [3.8, 4) is 0 Å². The molecule has 0 heterocycles. The zero-order valence-electron chi connectivity index (χ0n) is 66.1. The quantitative estimate of drug-likeness (QED) is 0.0169. The third kappa shape index (κ3) is 76.9. The van der Waals surface area contributed by atoms with Crippen molar-refractivity contribution in [2.24, 2.45) is 0 Å². The van der Waals surface area contributed by atoms with Gasteiger partial charge in [0.1, 0.15) is 19.3 Å². The predicted molar refractivity (Wildman–Crippen MR) is 436 cm³/mol. The molecule has 19 heteroatoms. The summed E-state index contributed by atoms with van der Waals surface area (Å²) in [6.45, 7) is 4.44. The summed E-state index contributed by atoms with van der Waals surface area (Å²) in [5.74, 6) is -2.41. The van der Waals surface area contributed by atoms with Crippen molar-refractivity contribution in [2.45, 2.75) is 329 Å². The highest BCUT2D eigenvalue weighted by atomic mass is 31.2. The zero-order valence-corrected chi connectivity index (χ0v) is 67.8. The number of ether oxygens (including phenoxy) is 4. The van der Waals surface area contributed by atoms with E-state index in [9.17, 15) is 43.2 Å². The van der Waals surface area contributed by atoms with Crippen LogP contribution in [0.2, 0.25) is 0 Å². The van der Waals surface area contributed by atoms with Gasteiger partial charge in [-0.05, 0) is 128 Å². The average molecular weight is 1520 g/mol. The minimum Gasteiger partial charge on any atom is -0.462 e. The van der Waals surface area contributed by atoms with Crippen LogP contribution in [0, 0.1) is 0 Å². The summed E-state index contributed by atoms with van der Waals surface area (Å²) >= 11 is 0. The van der Waals surface area contributed by atoms with Crippen LogP contribution in [0.4, 0.5) is 0 Å². The van der Waals surface area contributed by atoms with E-state index in [0.717, 1.165) is 141 Å². The average Bonchev–Trinajstić information content (AvgIpc) is 0.928. The molecule has 106 heavy (non-hydrogen) atoms. The fourth-order valence-corrected chi connectivity index (χ4v) is 12.0. The van der Waals surface area contributed by atoms with E-state index in [1.165, 1.54) is 83.5 Å². The fourth-order valence-electron chi connectivity index (χ4n) is 10.4. The van der Waals surface area contributed by atoms with Gasteiger partial charge in [0, 0.05) is 19.3 Å². The van der Waals surface area contributed by atoms with Crippen LogP contribution in [0.5, 0.6) is 0 Å². The van der Waals surface area contributed by atoms with Gasteiger partial charge in [-0.25, -0.2) is 9.13 Å². The first-order valence-corrected chi connectivity index (χ1v) is 43.7. The molecule has 0 fully saturated rings. The minimum atomic E-state index is -5.02. The molecule has 17 nitrogen and oxygen atoms in total. The molecule has 604 valence electrons. The molecule has 0 aromatic rings. The summed E-state index contributed by atoms with van der Waals surface area (Å²) < 4.78 is 68.5. The standard InChI is InChI=1S/C87H144O17P2/c1-5-9-13-17-21-25-29-33-37-39-40-42-46-48-52-56-60-64-68-72-85(90)98-78-83(104-87(92)74-70-66-62-58-54-50-44-36-32-28-24-20-16-12-8-4)80-102-106(95,96)100-76-81(88)75-99-105(93,94)101-79-82(103-86(91)73-69-65-61-57-53-49-43-35-31-27-23-19-15-11-7-3)77-97-84(89)71-67-63-59-55-51-47-45-41-38-34-30-26-22-18-14-10-6-2/h10-11,14-15,21-23,25-27,33-35,37-38,40,42-43,45,47,53,55,57,59,65,69,81-83,88H,5-9,12-13,16-20,24,28-32,36,39,41,44,46,48-52,54,56,58,60-64,66-68,70-80H2,1-4H3,(H,93,94)(H,95,96)/b14-10-,15-11-,25-21-,26-22-,27-23-,37-33-,38-34-,42-40-,43-35-,47-45-,57-53-,59-55-,69-65-. The highest BCUT2D eigenvalue weighted by Gasteiger charge is 2.30. The first-order valence-electron chi connectivity index (χ1n) is 40.7. The lowest BCUT2D eigenvalue weighted by molar-refractivity contribution is -0.161. The molecule has 5 atom stereocenters. The monoisotopic (exact) mass is 1520 g/mol. The topological polar surface area (TPSA) is 237 Å². The van der Waals surface area contributed by atoms with Crippen LogP contribution in [-0.4, -0.2) is 96.7 Å². The van der Waals surface area contributed by atoms with Gasteiger partial charge in [0.2, 0.25) is 0 Å². The van der Waals surface area contributed by atoms with Gasteiger partial charge >= 0.3 is 39.5 Å². The molecular formula is C87H144O17P2. The van der Waals surface area contributed by atoms with Crippen molar-refractivity contribution in [3.05, 3.63) is 158 Å². The number of phosphoric ester groups is 2. The van der Waals surface area contributed by atoms with Crippen LogP contribution < -0.4 is 0 Å². The predicted octanol–water partition coefficient (Wildman–Crippen LogP) is 24.0. The van der Waals surface area contributed by atoms with Crippen LogP contribution in [0.1, 0.15) is 310 Å². The van der Waals surface area contributed by atoms with Crippen molar-refractivity contribution in [1.82, 2.24) is 0 Å². The normalized spacial score (nSPS) is 14.7. The number of aliphatic hydroxyl groups excluding tert-OH is 1. The smallest absolute Gasteiger partial charge is 0.462 e. The van der Waals surface area contributed by atoms with Crippen LogP contribution in [0.15, 0.2) is 158 Å². The third-order valence-electron chi connectivity index (χ3n) is 16.5. The van der Waals surface area contributed by atoms with Crippen molar-refractivity contribution >= 4 is 39.5 Å². The van der Waals surface area contributed by atoms with Gasteiger partial charge in [-0.2, -0.15) is 0 Å². The molecule has 0 amide bonds. The summed E-state index contributed by atoms with van der Waals surface area (Å²) in [5, 5.41) is 10.6. The number of allylic oxidation sites excluding steroid dienone is 25. The molecule has 0 aliphatic heterocycles. The molecule has 3 N–H and O–H groups in total. The van der Waals surface area contributed by atoms with E-state index in [0.29, 0.717) is 32.1 Å². The second kappa shape index (κ2) is 77.8. The van der Waals surface area contributed by atoms with Gasteiger partial charge in [0.05, 0.1) is 32.8 Å². The maximum atomic E-state index is 13.1. The van der Waals surface area contributed by atoms with Gasteiger partial charge in [0.15, 0.2) is 12.2 Å². The number of aliphatic hydroxyl groups is 1. The van der Waals surface area contributed by atoms with Crippen molar-refractivity contribution in [3.63, 3.8) is 0 Å². The van der Waals surface area contributed by atoms with E-state index in [4.69, 9.17) is 37.0 Å². The van der Waals surface area contributed by atoms with Gasteiger partial charge in [-0.1, -0.05) is 314 Å². The Hall–Kier alpha value is -5.32. The molecule has 0 saturated carbocycles. The summed E-state index contributed by atoms with van der Waals surface area (Å²) in [7, 11) is -10.0. The van der Waals surface area contributed by atoms with E-state index in [1.54, 1.807) is 12.2 Å². The molecule has 0 radical (unpaired) electrons. The lowest BCUT2D eigenvalue weighted by Gasteiger charge is -2.21. The molecule has 0 bridgehead atoms. The molecule has 0 spiro atoms. The highest BCUT2D eigenvalue weighted by molar-refractivity contribution is 7.47. The number of carbonyl (C=O) groups excluding carboxylic acids is 4. The maximum absolute atomic E-state index is 13.1. The van der Waals surface area contributed by atoms with Gasteiger partial charge in [-0.3, -0.25) is 37.3 Å². The maximum Gasteiger partial charge on any atom is 0.472 e. The Kier molecular flexibility index (Phi) is 73.9. The van der Waals surface area contributed by atoms with Crippen LogP contribution >= 0.6 is 15.6 Å². The van der Waals surface area contributed by atoms with Gasteiger partial charge < -0.3 is 33.8 Å². The van der Waals surface area contributed by atoms with Gasteiger partial charge in [-0.15, -0.1) is 0 Å². The number of unbranched alkanes of at least 4 members (excludes halogenated alkanes) is 24. The van der Waals surface area contributed by atoms with Crippen molar-refractivity contribution < 1.29 is 80.2 Å². The second-order valence-electron chi connectivity index (χ2n) is 26.6. The number of rotatable bonds is 75. The largest absolute Gasteiger partial charge is 0.472 e. The summed E-state index contributed by atoms with van der Waals surface area (Å²) in [5.41, 5.74) is 0. The van der Waals surface area contributed by atoms with E-state index >= 15 is 0 Å². The Labute approximate surface area is 642 Å². The van der Waals surface area contributed by atoms with Crippen molar-refractivity contribution in [1.29, 1.82) is 0 Å². The molecule has 5 unspecified atom stereocenters. The first-order chi connectivity index (χ1) is 51.7. The molecule has 0 aliphatic rings. The second-order valence-corrected chi connectivity index (χ2v) is 29.5. The lowest BCUT2D eigenvalue weighted by atomic mass is 10.0. The van der Waals surface area contributed by atoms with Gasteiger partial charge in [0.25, 0.3) is 0 Å². The van der Waals surface area contributed by atoms with E-state index in [1.807, 2.05) is 24.3 Å². The number of carbonyl (C=O) groups is 4. The number of hydrogen-bond donors (Lipinski definition) is 3. The van der Waals surface area contributed by atoms with E-state index < -0.39 is 97.5 Å². The Morgan fingerprint density at radius 3 is 0.896 bits per heavy atom. The highest BCUT2D eigenvalue weighted by Crippen LogP contribution is 2.45. The molecule has 0 saturated heterocycles. The molecule has 0 rings (SSSR count). The number of hydrogen-bond acceptors (Lipinski definition) is 15. The number of esters is 4. The minimum absolute atomic E-state index is 0.0586. The molecule has 0 aromatic heterocycles. The molecule has 0 aromatic carbocycles. The van der Waals surface area contributed by atoms with Crippen LogP contribution in [0.3, 0.4) is 0 Å². The molecular weight excluding hydrogens is 1380 g/mol. The number of phosphoric acid groups is 2. The first kappa shape index (κ1) is 101. The van der Waals surface area contributed by atoms with E-state index in [2.05, 4.69) is 149 Å². The van der Waals surface area contributed by atoms with Crippen LogP contribution in [0.25, 0.3) is 0 Å². The van der Waals surface area contributed by atoms with Crippen LogP contribution in [-0.2, 0) is 65.4 Å². The van der Waals surface area contributed by atoms with Crippen molar-refractivity contribution in [2.75, 3.05) is 39.6 Å². The zero-order chi connectivity index (χ0) is 77.4. The Bertz CT molecular complexity index is 2630. The summed E-state index contributed by atoms with van der Waals surface area (Å²) in [6, 6.07) is 0. The lowest BCUT2D eigenvalue weighted by Crippen LogP contribution is -2.30. The Morgan fingerprint density at radius 2 is 0.538 bits per heavy atom. The molecule has 0 aliphatic carbocycles. The summed E-state index contributed by atoms with van der Waals surface area (Å²) in [6.07, 6.45) is 91.1. The third-order valence-corrected chi connectivity index (χ3v) is 18.4. The fraction of sp³-hybridized carbons (Fsp3) is 0.655. The summed E-state index contributed by atoms with van der Waals surface area (Å²) in [4.78, 5) is 73.0.